The third-order valence-electron chi connectivity index (χ3n) is 11.5. The third kappa shape index (κ3) is 4.94. The smallest absolute Gasteiger partial charge is 0.0648 e. The van der Waals surface area contributed by atoms with Crippen LogP contribution in [0.1, 0.15) is 85.5 Å². The maximum absolute atomic E-state index is 6.76. The third-order valence-corrected chi connectivity index (χ3v) is 11.5. The zero-order chi connectivity index (χ0) is 25.9. The summed E-state index contributed by atoms with van der Waals surface area (Å²) in [6.45, 7) is 23.9. The number of ether oxygens (including phenoxy) is 3. The van der Waals surface area contributed by atoms with Gasteiger partial charge in [0.1, 0.15) is 0 Å². The maximum Gasteiger partial charge on any atom is 0.0648 e. The Bertz CT molecular complexity index is 762. The largest absolute Gasteiger partial charge is 0.374 e. The first-order valence-corrected chi connectivity index (χ1v) is 15.0. The average Bonchev–Trinajstić information content (AvgIpc) is 3.23. The summed E-state index contributed by atoms with van der Waals surface area (Å²) in [5.41, 5.74) is 0.541. The molecule has 0 radical (unpaired) electrons. The van der Waals surface area contributed by atoms with Crippen LogP contribution in [-0.4, -0.2) is 38.1 Å². The van der Waals surface area contributed by atoms with Crippen LogP contribution in [0.3, 0.4) is 0 Å². The molecule has 4 aliphatic carbocycles. The van der Waals surface area contributed by atoms with E-state index < -0.39 is 0 Å². The van der Waals surface area contributed by atoms with Gasteiger partial charge in [0.15, 0.2) is 0 Å². The molecule has 0 aromatic carbocycles. The van der Waals surface area contributed by atoms with Gasteiger partial charge in [-0.3, -0.25) is 0 Å². The molecule has 0 aromatic heterocycles. The van der Waals surface area contributed by atoms with Crippen molar-refractivity contribution in [2.45, 2.75) is 104 Å². The minimum atomic E-state index is 0.210. The SMILES string of the molecule is C=CCO[C@@H]1CC[C@@]2(C)[C@@H](C1)C[C@@H](OCC=C)[C@@H]1[C@@H]2C[C@H](OCC=C)[C@]2(C)[C@@H]([C@H](C)CCC)CC[C@@H]12. The van der Waals surface area contributed by atoms with Gasteiger partial charge in [-0.15, -0.1) is 19.7 Å². The van der Waals surface area contributed by atoms with Crippen LogP contribution in [0.5, 0.6) is 0 Å². The van der Waals surface area contributed by atoms with E-state index in [9.17, 15) is 0 Å². The molecule has 4 saturated carbocycles. The first-order valence-electron chi connectivity index (χ1n) is 15.0. The van der Waals surface area contributed by atoms with Gasteiger partial charge in [0.2, 0.25) is 0 Å². The molecule has 4 aliphatic rings. The molecule has 3 heteroatoms. The number of rotatable bonds is 12. The van der Waals surface area contributed by atoms with Crippen LogP contribution in [-0.2, 0) is 14.2 Å². The molecule has 0 spiro atoms. The molecule has 4 rings (SSSR count). The van der Waals surface area contributed by atoms with Gasteiger partial charge in [0, 0.05) is 5.41 Å². The summed E-state index contributed by atoms with van der Waals surface area (Å²) in [6, 6.07) is 0. The van der Waals surface area contributed by atoms with E-state index in [-0.39, 0.29) is 5.41 Å². The Morgan fingerprint density at radius 1 is 0.861 bits per heavy atom. The van der Waals surface area contributed by atoms with Crippen molar-refractivity contribution in [2.24, 2.45) is 46.3 Å². The highest BCUT2D eigenvalue weighted by molar-refractivity contribution is 5.15. The van der Waals surface area contributed by atoms with Crippen LogP contribution in [0.2, 0.25) is 0 Å². The summed E-state index contributed by atoms with van der Waals surface area (Å²) in [5.74, 6) is 4.03. The van der Waals surface area contributed by atoms with Crippen LogP contribution in [0.25, 0.3) is 0 Å². The second kappa shape index (κ2) is 11.9. The molecule has 0 aromatic rings. The summed E-state index contributed by atoms with van der Waals surface area (Å²) in [4.78, 5) is 0. The van der Waals surface area contributed by atoms with Crippen LogP contribution < -0.4 is 0 Å². The van der Waals surface area contributed by atoms with E-state index in [1.54, 1.807) is 0 Å². The molecule has 36 heavy (non-hydrogen) atoms. The van der Waals surface area contributed by atoms with Crippen molar-refractivity contribution in [1.29, 1.82) is 0 Å². The van der Waals surface area contributed by atoms with Crippen molar-refractivity contribution in [3.63, 3.8) is 0 Å². The molecule has 0 N–H and O–H groups in total. The topological polar surface area (TPSA) is 27.7 Å². The minimum Gasteiger partial charge on any atom is -0.374 e. The Kier molecular flexibility index (Phi) is 9.27. The fourth-order valence-corrected chi connectivity index (χ4v) is 9.87. The van der Waals surface area contributed by atoms with Crippen molar-refractivity contribution in [3.8, 4) is 0 Å². The molecule has 0 aliphatic heterocycles. The van der Waals surface area contributed by atoms with E-state index in [2.05, 4.69) is 47.4 Å². The summed E-state index contributed by atoms with van der Waals surface area (Å²) in [6.07, 6.45) is 17.9. The first kappa shape index (κ1) is 28.1. The maximum atomic E-state index is 6.76. The highest BCUT2D eigenvalue weighted by atomic mass is 16.5. The van der Waals surface area contributed by atoms with Gasteiger partial charge in [-0.1, -0.05) is 58.8 Å². The predicted molar refractivity (Wildman–Crippen MR) is 150 cm³/mol. The van der Waals surface area contributed by atoms with E-state index in [0.717, 1.165) is 18.3 Å². The number of fused-ring (bicyclic) bond motifs is 5. The Hall–Kier alpha value is -0.900. The first-order chi connectivity index (χ1) is 17.3. The van der Waals surface area contributed by atoms with Crippen molar-refractivity contribution in [2.75, 3.05) is 19.8 Å². The number of hydrogen-bond donors (Lipinski definition) is 0. The molecule has 0 amide bonds. The van der Waals surface area contributed by atoms with Crippen LogP contribution in [0.15, 0.2) is 38.0 Å². The average molecular weight is 499 g/mol. The lowest BCUT2D eigenvalue weighted by molar-refractivity contribution is -0.223. The van der Waals surface area contributed by atoms with Gasteiger partial charge in [-0.2, -0.15) is 0 Å². The monoisotopic (exact) mass is 498 g/mol. The molecule has 0 heterocycles. The molecule has 4 fully saturated rings. The molecule has 204 valence electrons. The fourth-order valence-electron chi connectivity index (χ4n) is 9.87. The van der Waals surface area contributed by atoms with Gasteiger partial charge < -0.3 is 14.2 Å². The summed E-state index contributed by atoms with van der Waals surface area (Å²) < 4.78 is 19.6. The second-order valence-electron chi connectivity index (χ2n) is 13.1. The Labute approximate surface area is 222 Å². The van der Waals surface area contributed by atoms with Gasteiger partial charge >= 0.3 is 0 Å². The predicted octanol–water partition coefficient (Wildman–Crippen LogP) is 8.01. The van der Waals surface area contributed by atoms with E-state index >= 15 is 0 Å². The molecular formula is C33H54O3. The summed E-state index contributed by atoms with van der Waals surface area (Å²) >= 11 is 0. The van der Waals surface area contributed by atoms with Gasteiger partial charge in [0.05, 0.1) is 38.1 Å². The van der Waals surface area contributed by atoms with Crippen LogP contribution >= 0.6 is 0 Å². The zero-order valence-electron chi connectivity index (χ0n) is 23.8. The summed E-state index contributed by atoms with van der Waals surface area (Å²) in [5, 5.41) is 0. The van der Waals surface area contributed by atoms with Gasteiger partial charge in [-0.05, 0) is 85.9 Å². The molecule has 3 nitrogen and oxygen atoms in total. The lowest BCUT2D eigenvalue weighted by Gasteiger charge is -2.64. The Balaban J connectivity index is 1.69. The highest BCUT2D eigenvalue weighted by Crippen LogP contribution is 2.69. The molecular weight excluding hydrogens is 444 g/mol. The van der Waals surface area contributed by atoms with E-state index in [4.69, 9.17) is 14.2 Å². The lowest BCUT2D eigenvalue weighted by Crippen LogP contribution is -2.63. The Morgan fingerprint density at radius 2 is 1.56 bits per heavy atom. The quantitative estimate of drug-likeness (QED) is 0.255. The molecule has 11 atom stereocenters. The molecule has 0 unspecified atom stereocenters. The minimum absolute atomic E-state index is 0.210. The second-order valence-corrected chi connectivity index (χ2v) is 13.1. The van der Waals surface area contributed by atoms with Crippen LogP contribution in [0, 0.1) is 46.3 Å². The zero-order valence-corrected chi connectivity index (χ0v) is 23.8. The highest BCUT2D eigenvalue weighted by Gasteiger charge is 2.66. The van der Waals surface area contributed by atoms with Crippen molar-refractivity contribution in [3.05, 3.63) is 38.0 Å². The molecule has 0 saturated heterocycles. The van der Waals surface area contributed by atoms with Gasteiger partial charge in [-0.25, -0.2) is 0 Å². The van der Waals surface area contributed by atoms with Crippen molar-refractivity contribution >= 4 is 0 Å². The van der Waals surface area contributed by atoms with E-state index in [0.29, 0.717) is 67.2 Å². The molecule has 0 bridgehead atoms. The van der Waals surface area contributed by atoms with E-state index in [1.165, 1.54) is 51.4 Å². The van der Waals surface area contributed by atoms with Gasteiger partial charge in [0.25, 0.3) is 0 Å². The lowest BCUT2D eigenvalue weighted by atomic mass is 9.43. The van der Waals surface area contributed by atoms with Crippen LogP contribution in [0.4, 0.5) is 0 Å². The van der Waals surface area contributed by atoms with Crippen molar-refractivity contribution < 1.29 is 14.2 Å². The fraction of sp³-hybridized carbons (Fsp3) is 0.818. The standard InChI is InChI=1S/C33H54O3/c1-8-12-23(5)26-13-14-27-31-28(22-30(33(26,27)7)36-19-11-4)32(6)16-15-25(34-17-9-2)20-24(32)21-29(31)35-18-10-3/h9-11,23-31H,2-4,8,12-22H2,1,5-7H3/t23-,24+,25-,26-,27+,28+,29-,30+,31+,32+,33-/m1/s1. The number of hydrogen-bond acceptors (Lipinski definition) is 3. The van der Waals surface area contributed by atoms with E-state index in [1.807, 2.05) is 18.2 Å². The Morgan fingerprint density at radius 3 is 2.25 bits per heavy atom. The summed E-state index contributed by atoms with van der Waals surface area (Å²) in [7, 11) is 0. The normalized spacial score (nSPS) is 44.7. The van der Waals surface area contributed by atoms with Crippen molar-refractivity contribution in [1.82, 2.24) is 0 Å².